The third kappa shape index (κ3) is 3.15. The summed E-state index contributed by atoms with van der Waals surface area (Å²) in [4.78, 5) is 27.9. The van der Waals surface area contributed by atoms with Gasteiger partial charge < -0.3 is 9.64 Å². The summed E-state index contributed by atoms with van der Waals surface area (Å²) >= 11 is 0. The third-order valence-corrected chi connectivity index (χ3v) is 3.61. The van der Waals surface area contributed by atoms with Gasteiger partial charge in [-0.2, -0.15) is 5.26 Å². The Labute approximate surface area is 137 Å². The molecule has 0 atom stereocenters. The Morgan fingerprint density at radius 1 is 1.29 bits per heavy atom. The van der Waals surface area contributed by atoms with E-state index in [9.17, 15) is 14.9 Å². The molecule has 24 heavy (non-hydrogen) atoms. The lowest BCUT2D eigenvalue weighted by molar-refractivity contribution is -0.384. The number of pyridine rings is 1. The van der Waals surface area contributed by atoms with Gasteiger partial charge in [0.15, 0.2) is 0 Å². The molecule has 1 fully saturated rings. The van der Waals surface area contributed by atoms with Crippen molar-refractivity contribution in [3.8, 4) is 11.9 Å². The van der Waals surface area contributed by atoms with E-state index in [1.165, 1.54) is 30.5 Å². The Bertz CT molecular complexity index is 805. The van der Waals surface area contributed by atoms with Crippen molar-refractivity contribution >= 4 is 11.6 Å². The van der Waals surface area contributed by atoms with Gasteiger partial charge in [-0.3, -0.25) is 14.9 Å². The predicted octanol–water partition coefficient (Wildman–Crippen LogP) is 1.76. The monoisotopic (exact) mass is 324 g/mol. The largest absolute Gasteiger partial charge is 0.471 e. The summed E-state index contributed by atoms with van der Waals surface area (Å²) < 4.78 is 5.61. The van der Waals surface area contributed by atoms with Gasteiger partial charge in [-0.1, -0.05) is 0 Å². The number of amides is 1. The molecule has 0 spiro atoms. The molecule has 0 saturated carbocycles. The number of carbonyl (C=O) groups excluding carboxylic acids is 1. The first-order chi connectivity index (χ1) is 11.6. The van der Waals surface area contributed by atoms with Crippen LogP contribution in [0.1, 0.15) is 15.9 Å². The van der Waals surface area contributed by atoms with Crippen LogP contribution >= 0.6 is 0 Å². The Kier molecular flexibility index (Phi) is 4.07. The van der Waals surface area contributed by atoms with Gasteiger partial charge in [0.25, 0.3) is 11.6 Å². The van der Waals surface area contributed by atoms with Gasteiger partial charge in [-0.25, -0.2) is 4.98 Å². The fraction of sp³-hybridized carbons (Fsp3) is 0.188. The normalized spacial score (nSPS) is 13.7. The molecule has 1 saturated heterocycles. The highest BCUT2D eigenvalue weighted by Gasteiger charge is 2.33. The molecule has 1 aliphatic heterocycles. The fourth-order valence-corrected chi connectivity index (χ4v) is 2.27. The van der Waals surface area contributed by atoms with Crippen LogP contribution in [0, 0.1) is 21.4 Å². The van der Waals surface area contributed by atoms with Crippen molar-refractivity contribution < 1.29 is 14.5 Å². The number of carbonyl (C=O) groups is 1. The zero-order chi connectivity index (χ0) is 17.1. The summed E-state index contributed by atoms with van der Waals surface area (Å²) in [6.07, 6.45) is 1.26. The number of likely N-dealkylation sites (tertiary alicyclic amines) is 1. The van der Waals surface area contributed by atoms with Crippen LogP contribution in [0.3, 0.4) is 0 Å². The second-order valence-corrected chi connectivity index (χ2v) is 5.25. The zero-order valence-electron chi connectivity index (χ0n) is 12.5. The molecule has 1 aliphatic rings. The summed E-state index contributed by atoms with van der Waals surface area (Å²) in [5.74, 6) is 0.207. The molecule has 0 bridgehead atoms. The highest BCUT2D eigenvalue weighted by molar-refractivity contribution is 5.95. The molecule has 0 aliphatic carbocycles. The van der Waals surface area contributed by atoms with Crippen LogP contribution in [0.15, 0.2) is 42.6 Å². The Morgan fingerprint density at radius 3 is 2.54 bits per heavy atom. The SMILES string of the molecule is N#Cc1ccc(OC2CN(C(=O)c3ccc([N+](=O)[O-])cc3)C2)nc1. The lowest BCUT2D eigenvalue weighted by Gasteiger charge is -2.38. The highest BCUT2D eigenvalue weighted by atomic mass is 16.6. The molecule has 0 N–H and O–H groups in total. The van der Waals surface area contributed by atoms with Gasteiger partial charge >= 0.3 is 0 Å². The summed E-state index contributed by atoms with van der Waals surface area (Å²) in [5, 5.41) is 19.3. The number of hydrogen-bond acceptors (Lipinski definition) is 6. The van der Waals surface area contributed by atoms with Gasteiger partial charge in [-0.05, 0) is 18.2 Å². The standard InChI is InChI=1S/C16H12N4O4/c17-7-11-1-6-15(18-8-11)24-14-9-19(10-14)16(21)12-2-4-13(5-3-12)20(22)23/h1-6,8,14H,9-10H2. The van der Waals surface area contributed by atoms with E-state index in [1.807, 2.05) is 6.07 Å². The maximum Gasteiger partial charge on any atom is 0.269 e. The van der Waals surface area contributed by atoms with Gasteiger partial charge in [0, 0.05) is 30.0 Å². The predicted molar refractivity (Wildman–Crippen MR) is 82.4 cm³/mol. The minimum absolute atomic E-state index is 0.0525. The number of hydrogen-bond donors (Lipinski definition) is 0. The molecule has 1 amide bonds. The average molecular weight is 324 g/mol. The number of ether oxygens (including phenoxy) is 1. The number of nitriles is 1. The smallest absolute Gasteiger partial charge is 0.269 e. The molecular formula is C16H12N4O4. The third-order valence-electron chi connectivity index (χ3n) is 3.61. The van der Waals surface area contributed by atoms with Crippen LogP contribution in [-0.4, -0.2) is 39.9 Å². The number of benzene rings is 1. The summed E-state index contributed by atoms with van der Waals surface area (Å²) in [6.45, 7) is 0.828. The van der Waals surface area contributed by atoms with Crippen molar-refractivity contribution in [1.29, 1.82) is 5.26 Å². The number of non-ortho nitro benzene ring substituents is 1. The zero-order valence-corrected chi connectivity index (χ0v) is 12.5. The Morgan fingerprint density at radius 2 is 2.00 bits per heavy atom. The summed E-state index contributed by atoms with van der Waals surface area (Å²) in [6, 6.07) is 10.7. The second-order valence-electron chi connectivity index (χ2n) is 5.25. The molecule has 120 valence electrons. The van der Waals surface area contributed by atoms with Crippen LogP contribution < -0.4 is 4.74 Å². The van der Waals surface area contributed by atoms with Crippen LogP contribution in [0.4, 0.5) is 5.69 Å². The summed E-state index contributed by atoms with van der Waals surface area (Å²) in [5.41, 5.74) is 0.796. The summed E-state index contributed by atoms with van der Waals surface area (Å²) in [7, 11) is 0. The van der Waals surface area contributed by atoms with Gasteiger partial charge in [0.1, 0.15) is 12.2 Å². The molecule has 3 rings (SSSR count). The number of rotatable bonds is 4. The van der Waals surface area contributed by atoms with E-state index in [-0.39, 0.29) is 17.7 Å². The lowest BCUT2D eigenvalue weighted by Crippen LogP contribution is -2.56. The van der Waals surface area contributed by atoms with Crippen molar-refractivity contribution in [2.24, 2.45) is 0 Å². The molecule has 8 heteroatoms. The molecule has 0 unspecified atom stereocenters. The van der Waals surface area contributed by atoms with E-state index in [0.717, 1.165) is 0 Å². The first kappa shape index (κ1) is 15.4. The molecule has 1 aromatic heterocycles. The van der Waals surface area contributed by atoms with Gasteiger partial charge in [0.05, 0.1) is 23.6 Å². The van der Waals surface area contributed by atoms with E-state index in [1.54, 1.807) is 17.0 Å². The second kappa shape index (κ2) is 6.34. The van der Waals surface area contributed by atoms with Crippen molar-refractivity contribution in [2.45, 2.75) is 6.10 Å². The van der Waals surface area contributed by atoms with Crippen molar-refractivity contribution in [3.63, 3.8) is 0 Å². The molecule has 8 nitrogen and oxygen atoms in total. The molecular weight excluding hydrogens is 312 g/mol. The average Bonchev–Trinajstić information content (AvgIpc) is 2.58. The van der Waals surface area contributed by atoms with Crippen LogP contribution in [-0.2, 0) is 0 Å². The minimum atomic E-state index is -0.508. The minimum Gasteiger partial charge on any atom is -0.471 e. The maximum absolute atomic E-state index is 12.2. The molecule has 2 aromatic rings. The first-order valence-corrected chi connectivity index (χ1v) is 7.13. The number of aromatic nitrogens is 1. The Hall–Kier alpha value is -3.47. The fourth-order valence-electron chi connectivity index (χ4n) is 2.27. The van der Waals surface area contributed by atoms with E-state index in [0.29, 0.717) is 30.1 Å². The van der Waals surface area contributed by atoms with E-state index < -0.39 is 4.92 Å². The number of nitro benzene ring substituents is 1. The number of nitrogens with zero attached hydrogens (tertiary/aromatic N) is 4. The highest BCUT2D eigenvalue weighted by Crippen LogP contribution is 2.20. The quantitative estimate of drug-likeness (QED) is 0.626. The van der Waals surface area contributed by atoms with E-state index >= 15 is 0 Å². The maximum atomic E-state index is 12.2. The molecule has 0 radical (unpaired) electrons. The molecule has 1 aromatic carbocycles. The van der Waals surface area contributed by atoms with E-state index in [4.69, 9.17) is 10.00 Å². The van der Waals surface area contributed by atoms with Crippen molar-refractivity contribution in [3.05, 3.63) is 63.8 Å². The van der Waals surface area contributed by atoms with Crippen molar-refractivity contribution in [1.82, 2.24) is 9.88 Å². The topological polar surface area (TPSA) is 109 Å². The van der Waals surface area contributed by atoms with E-state index in [2.05, 4.69) is 4.98 Å². The van der Waals surface area contributed by atoms with Crippen LogP contribution in [0.2, 0.25) is 0 Å². The van der Waals surface area contributed by atoms with Crippen LogP contribution in [0.25, 0.3) is 0 Å². The molecule has 2 heterocycles. The van der Waals surface area contributed by atoms with Gasteiger partial charge in [-0.15, -0.1) is 0 Å². The lowest BCUT2D eigenvalue weighted by atomic mass is 10.1. The van der Waals surface area contributed by atoms with Crippen molar-refractivity contribution in [2.75, 3.05) is 13.1 Å². The first-order valence-electron chi connectivity index (χ1n) is 7.13. The van der Waals surface area contributed by atoms with Crippen LogP contribution in [0.5, 0.6) is 5.88 Å². The number of nitro groups is 1. The Balaban J connectivity index is 1.54. The van der Waals surface area contributed by atoms with Gasteiger partial charge in [0.2, 0.25) is 5.88 Å².